The Kier molecular flexibility index (Phi) is 4.50. The van der Waals surface area contributed by atoms with Crippen molar-refractivity contribution in [1.82, 2.24) is 10.1 Å². The van der Waals surface area contributed by atoms with Gasteiger partial charge in [0.15, 0.2) is 5.82 Å². The Bertz CT molecular complexity index is 305. The van der Waals surface area contributed by atoms with Crippen LogP contribution in [0.3, 0.4) is 0 Å². The molecule has 86 valence electrons. The van der Waals surface area contributed by atoms with Gasteiger partial charge in [-0.25, -0.2) is 0 Å². The molecule has 1 aromatic rings. The predicted octanol–water partition coefficient (Wildman–Crippen LogP) is 1.23. The number of rotatable bonds is 3. The van der Waals surface area contributed by atoms with Crippen molar-refractivity contribution >= 4 is 12.4 Å². The fraction of sp³-hybridized carbons (Fsp3) is 0.778. The Morgan fingerprint density at radius 2 is 2.27 bits per heavy atom. The van der Waals surface area contributed by atoms with E-state index in [1.165, 1.54) is 0 Å². The number of nitrogens with zero attached hydrogens (tertiary/aromatic N) is 2. The maximum atomic E-state index is 5.63. The van der Waals surface area contributed by atoms with Crippen LogP contribution in [0.1, 0.15) is 37.6 Å². The molecule has 0 amide bonds. The molecule has 1 aromatic heterocycles. The van der Waals surface area contributed by atoms with Crippen molar-refractivity contribution in [1.29, 1.82) is 0 Å². The maximum absolute atomic E-state index is 5.63. The van der Waals surface area contributed by atoms with E-state index in [4.69, 9.17) is 15.0 Å². The number of nitrogens with two attached hydrogens (primary N) is 1. The van der Waals surface area contributed by atoms with Gasteiger partial charge in [0, 0.05) is 13.0 Å². The summed E-state index contributed by atoms with van der Waals surface area (Å²) in [6.07, 6.45) is 2.79. The van der Waals surface area contributed by atoms with Gasteiger partial charge in [0.25, 0.3) is 5.89 Å². The van der Waals surface area contributed by atoms with Crippen molar-refractivity contribution in [2.45, 2.75) is 38.4 Å². The van der Waals surface area contributed by atoms with Gasteiger partial charge in [0.05, 0.1) is 6.10 Å². The van der Waals surface area contributed by atoms with Crippen LogP contribution in [0.25, 0.3) is 0 Å². The molecule has 1 aliphatic rings. The molecule has 0 spiro atoms. The van der Waals surface area contributed by atoms with Gasteiger partial charge in [0.2, 0.25) is 0 Å². The van der Waals surface area contributed by atoms with E-state index >= 15 is 0 Å². The SMILES string of the molecule is CCc1noc([C@@H]2CC[C@H](CN)O2)n1.Cl. The van der Waals surface area contributed by atoms with E-state index in [2.05, 4.69) is 10.1 Å². The summed E-state index contributed by atoms with van der Waals surface area (Å²) >= 11 is 0. The van der Waals surface area contributed by atoms with Gasteiger partial charge >= 0.3 is 0 Å². The maximum Gasteiger partial charge on any atom is 0.255 e. The number of halogens is 1. The van der Waals surface area contributed by atoms with Gasteiger partial charge in [-0.05, 0) is 12.8 Å². The molecule has 1 aliphatic heterocycles. The molecule has 2 heterocycles. The summed E-state index contributed by atoms with van der Waals surface area (Å²) in [6, 6.07) is 0. The summed E-state index contributed by atoms with van der Waals surface area (Å²) in [4.78, 5) is 4.24. The minimum absolute atomic E-state index is 0. The van der Waals surface area contributed by atoms with Crippen molar-refractivity contribution in [2.24, 2.45) is 5.73 Å². The van der Waals surface area contributed by atoms with Crippen LogP contribution < -0.4 is 5.73 Å². The van der Waals surface area contributed by atoms with Crippen LogP contribution in [-0.2, 0) is 11.2 Å². The first kappa shape index (κ1) is 12.4. The van der Waals surface area contributed by atoms with Crippen molar-refractivity contribution in [3.8, 4) is 0 Å². The summed E-state index contributed by atoms with van der Waals surface area (Å²) in [5.74, 6) is 1.33. The molecule has 0 saturated carbocycles. The number of hydrogen-bond acceptors (Lipinski definition) is 5. The topological polar surface area (TPSA) is 74.2 Å². The zero-order valence-electron chi connectivity index (χ0n) is 8.68. The molecule has 2 N–H and O–H groups in total. The Morgan fingerprint density at radius 1 is 1.47 bits per heavy atom. The van der Waals surface area contributed by atoms with Crippen molar-refractivity contribution in [2.75, 3.05) is 6.54 Å². The second-order valence-electron chi connectivity index (χ2n) is 3.46. The zero-order valence-corrected chi connectivity index (χ0v) is 9.50. The van der Waals surface area contributed by atoms with Gasteiger partial charge < -0.3 is 15.0 Å². The molecule has 1 saturated heterocycles. The Balaban J connectivity index is 0.00000112. The van der Waals surface area contributed by atoms with Gasteiger partial charge in [-0.3, -0.25) is 0 Å². The normalized spacial score (nSPS) is 25.2. The Hall–Kier alpha value is -0.650. The lowest BCUT2D eigenvalue weighted by Gasteiger charge is -2.07. The monoisotopic (exact) mass is 233 g/mol. The molecule has 0 aliphatic carbocycles. The third-order valence-corrected chi connectivity index (χ3v) is 2.45. The highest BCUT2D eigenvalue weighted by molar-refractivity contribution is 5.85. The van der Waals surface area contributed by atoms with E-state index in [1.54, 1.807) is 0 Å². The lowest BCUT2D eigenvalue weighted by Crippen LogP contribution is -2.18. The molecule has 0 bridgehead atoms. The van der Waals surface area contributed by atoms with Crippen LogP contribution in [-0.4, -0.2) is 22.8 Å². The molecule has 6 heteroatoms. The molecule has 1 fully saturated rings. The molecule has 2 rings (SSSR count). The van der Waals surface area contributed by atoms with Crippen LogP contribution in [0.5, 0.6) is 0 Å². The Labute approximate surface area is 94.8 Å². The third kappa shape index (κ3) is 2.68. The molecule has 0 unspecified atom stereocenters. The first-order valence-electron chi connectivity index (χ1n) is 5.01. The molecule has 0 aromatic carbocycles. The predicted molar refractivity (Wildman–Crippen MR) is 56.8 cm³/mol. The van der Waals surface area contributed by atoms with Crippen molar-refractivity contribution in [3.05, 3.63) is 11.7 Å². The van der Waals surface area contributed by atoms with E-state index in [0.29, 0.717) is 12.4 Å². The lowest BCUT2D eigenvalue weighted by molar-refractivity contribution is 0.0307. The van der Waals surface area contributed by atoms with Gasteiger partial charge in [-0.2, -0.15) is 4.98 Å². The van der Waals surface area contributed by atoms with E-state index in [9.17, 15) is 0 Å². The highest BCUT2D eigenvalue weighted by atomic mass is 35.5. The average Bonchev–Trinajstić information content (AvgIpc) is 2.86. The number of hydrogen-bond donors (Lipinski definition) is 1. The quantitative estimate of drug-likeness (QED) is 0.850. The average molecular weight is 234 g/mol. The van der Waals surface area contributed by atoms with E-state index < -0.39 is 0 Å². The van der Waals surface area contributed by atoms with E-state index in [-0.39, 0.29) is 24.6 Å². The van der Waals surface area contributed by atoms with Crippen LogP contribution in [0.15, 0.2) is 4.52 Å². The first-order valence-corrected chi connectivity index (χ1v) is 5.01. The standard InChI is InChI=1S/C9H15N3O2.ClH/c1-2-8-11-9(14-12-8)7-4-3-6(5-10)13-7;/h6-7H,2-5,10H2,1H3;1H/t6-,7+;/m1./s1. The molecular formula is C9H16ClN3O2. The van der Waals surface area contributed by atoms with Crippen molar-refractivity contribution < 1.29 is 9.26 Å². The summed E-state index contributed by atoms with van der Waals surface area (Å²) in [7, 11) is 0. The molecule has 15 heavy (non-hydrogen) atoms. The summed E-state index contributed by atoms with van der Waals surface area (Å²) in [6.45, 7) is 2.55. The van der Waals surface area contributed by atoms with Crippen LogP contribution >= 0.6 is 12.4 Å². The molecule has 0 radical (unpaired) electrons. The summed E-state index contributed by atoms with van der Waals surface area (Å²) in [5, 5.41) is 3.83. The second kappa shape index (κ2) is 5.44. The molecular weight excluding hydrogens is 218 g/mol. The van der Waals surface area contributed by atoms with Gasteiger partial charge in [-0.15, -0.1) is 12.4 Å². The Morgan fingerprint density at radius 3 is 2.80 bits per heavy atom. The minimum atomic E-state index is -0.0450. The second-order valence-corrected chi connectivity index (χ2v) is 3.46. The van der Waals surface area contributed by atoms with Crippen LogP contribution in [0.4, 0.5) is 0 Å². The summed E-state index contributed by atoms with van der Waals surface area (Å²) in [5.41, 5.74) is 5.51. The number of ether oxygens (including phenoxy) is 1. The highest BCUT2D eigenvalue weighted by Gasteiger charge is 2.29. The zero-order chi connectivity index (χ0) is 9.97. The summed E-state index contributed by atoms with van der Waals surface area (Å²) < 4.78 is 10.7. The minimum Gasteiger partial charge on any atom is -0.364 e. The van der Waals surface area contributed by atoms with E-state index in [0.717, 1.165) is 25.1 Å². The highest BCUT2D eigenvalue weighted by Crippen LogP contribution is 2.31. The first-order chi connectivity index (χ1) is 6.83. The largest absolute Gasteiger partial charge is 0.364 e. The van der Waals surface area contributed by atoms with Crippen LogP contribution in [0, 0.1) is 0 Å². The smallest absolute Gasteiger partial charge is 0.255 e. The van der Waals surface area contributed by atoms with E-state index in [1.807, 2.05) is 6.92 Å². The third-order valence-electron chi connectivity index (χ3n) is 2.45. The number of aromatic nitrogens is 2. The lowest BCUT2D eigenvalue weighted by atomic mass is 10.2. The van der Waals surface area contributed by atoms with Gasteiger partial charge in [0.1, 0.15) is 6.10 Å². The fourth-order valence-corrected chi connectivity index (χ4v) is 1.60. The number of aryl methyl sites for hydroxylation is 1. The molecule has 5 nitrogen and oxygen atoms in total. The molecule has 2 atom stereocenters. The van der Waals surface area contributed by atoms with Crippen LogP contribution in [0.2, 0.25) is 0 Å². The van der Waals surface area contributed by atoms with Gasteiger partial charge in [-0.1, -0.05) is 12.1 Å². The fourth-order valence-electron chi connectivity index (χ4n) is 1.60. The van der Waals surface area contributed by atoms with Crippen molar-refractivity contribution in [3.63, 3.8) is 0 Å².